The van der Waals surface area contributed by atoms with Gasteiger partial charge < -0.3 is 14.8 Å². The van der Waals surface area contributed by atoms with Gasteiger partial charge in [-0.15, -0.1) is 0 Å². The van der Waals surface area contributed by atoms with Crippen LogP contribution in [0.2, 0.25) is 0 Å². The Morgan fingerprint density at radius 2 is 2.06 bits per heavy atom. The van der Waals surface area contributed by atoms with Crippen LogP contribution in [0.1, 0.15) is 25.0 Å². The molecule has 1 N–H and O–H groups in total. The molecule has 4 nitrogen and oxygen atoms in total. The first-order chi connectivity index (χ1) is 8.17. The molecule has 0 atom stereocenters. The second kappa shape index (κ2) is 6.78. The van der Waals surface area contributed by atoms with Crippen LogP contribution in [-0.2, 0) is 11.3 Å². The minimum atomic E-state index is -0.390. The van der Waals surface area contributed by atoms with Crippen LogP contribution in [0, 0.1) is 6.92 Å². The van der Waals surface area contributed by atoms with Gasteiger partial charge in [-0.05, 0) is 38.0 Å². The molecule has 0 saturated heterocycles. The predicted octanol–water partition coefficient (Wildman–Crippen LogP) is 2.64. The number of ether oxygens (including phenoxy) is 2. The van der Waals surface area contributed by atoms with Gasteiger partial charge >= 0.3 is 6.09 Å². The first-order valence-corrected chi connectivity index (χ1v) is 5.80. The molecule has 0 aromatic heterocycles. The average Bonchev–Trinajstić information content (AvgIpc) is 2.30. The fraction of sp³-hybridized carbons (Fsp3) is 0.462. The highest BCUT2D eigenvalue weighted by Crippen LogP contribution is 2.18. The second-order valence-corrected chi connectivity index (χ2v) is 3.61. The summed E-state index contributed by atoms with van der Waals surface area (Å²) in [5.74, 6) is 0.882. The van der Waals surface area contributed by atoms with Gasteiger partial charge in [-0.2, -0.15) is 0 Å². The summed E-state index contributed by atoms with van der Waals surface area (Å²) in [7, 11) is 0. The van der Waals surface area contributed by atoms with Gasteiger partial charge in [0.25, 0.3) is 0 Å². The zero-order valence-corrected chi connectivity index (χ0v) is 10.6. The predicted molar refractivity (Wildman–Crippen MR) is 66.2 cm³/mol. The maximum Gasteiger partial charge on any atom is 0.407 e. The van der Waals surface area contributed by atoms with E-state index < -0.39 is 0 Å². The minimum Gasteiger partial charge on any atom is -0.494 e. The molecule has 1 aromatic carbocycles. The molecule has 94 valence electrons. The Bertz CT molecular complexity index is 377. The molecule has 0 saturated carbocycles. The fourth-order valence-corrected chi connectivity index (χ4v) is 1.50. The van der Waals surface area contributed by atoms with E-state index >= 15 is 0 Å². The number of hydrogen-bond acceptors (Lipinski definition) is 3. The lowest BCUT2D eigenvalue weighted by molar-refractivity contribution is 0.151. The third-order valence-corrected chi connectivity index (χ3v) is 2.25. The number of rotatable bonds is 5. The lowest BCUT2D eigenvalue weighted by Crippen LogP contribution is -2.23. The number of alkyl carbamates (subject to hydrolysis) is 1. The average molecular weight is 237 g/mol. The van der Waals surface area contributed by atoms with E-state index in [0.717, 1.165) is 16.9 Å². The first kappa shape index (κ1) is 13.4. The van der Waals surface area contributed by atoms with Gasteiger partial charge in [0.1, 0.15) is 5.75 Å². The molecule has 0 aliphatic rings. The summed E-state index contributed by atoms with van der Waals surface area (Å²) in [4.78, 5) is 11.1. The molecule has 1 aromatic rings. The number of aryl methyl sites for hydroxylation is 1. The first-order valence-electron chi connectivity index (χ1n) is 5.80. The van der Waals surface area contributed by atoms with Gasteiger partial charge in [0, 0.05) is 6.54 Å². The molecular weight excluding hydrogens is 218 g/mol. The quantitative estimate of drug-likeness (QED) is 0.856. The Morgan fingerprint density at radius 3 is 2.65 bits per heavy atom. The highest BCUT2D eigenvalue weighted by atomic mass is 16.5. The third-order valence-electron chi connectivity index (χ3n) is 2.25. The topological polar surface area (TPSA) is 47.6 Å². The highest BCUT2D eigenvalue weighted by Gasteiger charge is 2.03. The van der Waals surface area contributed by atoms with Gasteiger partial charge in [0.15, 0.2) is 0 Å². The van der Waals surface area contributed by atoms with Crippen molar-refractivity contribution < 1.29 is 14.3 Å². The summed E-state index contributed by atoms with van der Waals surface area (Å²) in [5, 5.41) is 2.68. The van der Waals surface area contributed by atoms with Crippen LogP contribution in [0.3, 0.4) is 0 Å². The van der Waals surface area contributed by atoms with Gasteiger partial charge in [-0.25, -0.2) is 4.79 Å². The third kappa shape index (κ3) is 4.34. The largest absolute Gasteiger partial charge is 0.494 e. The lowest BCUT2D eigenvalue weighted by atomic mass is 10.1. The van der Waals surface area contributed by atoms with E-state index in [1.807, 2.05) is 32.0 Å². The van der Waals surface area contributed by atoms with Crippen LogP contribution in [-0.4, -0.2) is 19.3 Å². The molecule has 0 radical (unpaired) electrons. The lowest BCUT2D eigenvalue weighted by Gasteiger charge is -2.09. The molecule has 0 aliphatic carbocycles. The van der Waals surface area contributed by atoms with Crippen LogP contribution >= 0.6 is 0 Å². The number of hydrogen-bond donors (Lipinski definition) is 1. The van der Waals surface area contributed by atoms with E-state index in [-0.39, 0.29) is 6.09 Å². The summed E-state index contributed by atoms with van der Waals surface area (Å²) in [6.45, 7) is 7.22. The van der Waals surface area contributed by atoms with E-state index in [0.29, 0.717) is 19.8 Å². The summed E-state index contributed by atoms with van der Waals surface area (Å²) in [6, 6.07) is 5.85. The van der Waals surface area contributed by atoms with Gasteiger partial charge in [-0.3, -0.25) is 0 Å². The van der Waals surface area contributed by atoms with Crippen LogP contribution < -0.4 is 10.1 Å². The Hall–Kier alpha value is -1.71. The summed E-state index contributed by atoms with van der Waals surface area (Å²) in [5.41, 5.74) is 2.09. The maximum atomic E-state index is 11.1. The van der Waals surface area contributed by atoms with E-state index in [2.05, 4.69) is 5.32 Å². The van der Waals surface area contributed by atoms with Crippen molar-refractivity contribution >= 4 is 6.09 Å². The number of amides is 1. The molecule has 1 rings (SSSR count). The van der Waals surface area contributed by atoms with E-state index in [4.69, 9.17) is 9.47 Å². The number of carbonyl (C=O) groups is 1. The molecule has 4 heteroatoms. The molecule has 0 bridgehead atoms. The summed E-state index contributed by atoms with van der Waals surface area (Å²) in [6.07, 6.45) is -0.390. The standard InChI is InChI=1S/C13H19NO3/c1-4-16-12-7-6-11(8-10(12)3)9-14-13(15)17-5-2/h6-8H,4-5,9H2,1-3H3,(H,14,15). The van der Waals surface area contributed by atoms with Gasteiger partial charge in [-0.1, -0.05) is 12.1 Å². The van der Waals surface area contributed by atoms with Crippen molar-refractivity contribution in [2.24, 2.45) is 0 Å². The van der Waals surface area contributed by atoms with Crippen molar-refractivity contribution in [3.8, 4) is 5.75 Å². The van der Waals surface area contributed by atoms with Crippen LogP contribution in [0.5, 0.6) is 5.75 Å². The van der Waals surface area contributed by atoms with E-state index in [1.54, 1.807) is 6.92 Å². The number of benzene rings is 1. The Balaban J connectivity index is 2.55. The van der Waals surface area contributed by atoms with Crippen molar-refractivity contribution in [3.05, 3.63) is 29.3 Å². The highest BCUT2D eigenvalue weighted by molar-refractivity contribution is 5.67. The maximum absolute atomic E-state index is 11.1. The van der Waals surface area contributed by atoms with Crippen molar-refractivity contribution in [2.75, 3.05) is 13.2 Å². The molecule has 1 amide bonds. The van der Waals surface area contributed by atoms with E-state index in [1.165, 1.54) is 0 Å². The molecule has 0 aliphatic heterocycles. The molecular formula is C13H19NO3. The fourth-order valence-electron chi connectivity index (χ4n) is 1.50. The van der Waals surface area contributed by atoms with E-state index in [9.17, 15) is 4.79 Å². The van der Waals surface area contributed by atoms with Crippen LogP contribution in [0.4, 0.5) is 4.79 Å². The number of nitrogens with one attached hydrogen (secondary N) is 1. The monoisotopic (exact) mass is 237 g/mol. The van der Waals surface area contributed by atoms with Crippen molar-refractivity contribution in [2.45, 2.75) is 27.3 Å². The summed E-state index contributed by atoms with van der Waals surface area (Å²) >= 11 is 0. The Morgan fingerprint density at radius 1 is 1.29 bits per heavy atom. The molecule has 0 spiro atoms. The zero-order valence-electron chi connectivity index (χ0n) is 10.6. The Labute approximate surface area is 102 Å². The molecule has 0 heterocycles. The second-order valence-electron chi connectivity index (χ2n) is 3.61. The SMILES string of the molecule is CCOC(=O)NCc1ccc(OCC)c(C)c1. The number of carbonyl (C=O) groups excluding carboxylic acids is 1. The van der Waals surface area contributed by atoms with Crippen LogP contribution in [0.15, 0.2) is 18.2 Å². The normalized spacial score (nSPS) is 9.82. The summed E-state index contributed by atoms with van der Waals surface area (Å²) < 4.78 is 10.2. The molecule has 17 heavy (non-hydrogen) atoms. The van der Waals surface area contributed by atoms with Crippen LogP contribution in [0.25, 0.3) is 0 Å². The minimum absolute atomic E-state index is 0.383. The van der Waals surface area contributed by atoms with Gasteiger partial charge in [0.2, 0.25) is 0 Å². The van der Waals surface area contributed by atoms with Crippen molar-refractivity contribution in [1.82, 2.24) is 5.32 Å². The molecule has 0 fully saturated rings. The smallest absolute Gasteiger partial charge is 0.407 e. The van der Waals surface area contributed by atoms with Crippen molar-refractivity contribution in [1.29, 1.82) is 0 Å². The Kier molecular flexibility index (Phi) is 5.33. The molecule has 0 unspecified atom stereocenters. The zero-order chi connectivity index (χ0) is 12.7. The van der Waals surface area contributed by atoms with Gasteiger partial charge in [0.05, 0.1) is 13.2 Å². The van der Waals surface area contributed by atoms with Crippen molar-refractivity contribution in [3.63, 3.8) is 0 Å².